The third kappa shape index (κ3) is 3.48. The van der Waals surface area contributed by atoms with Crippen molar-refractivity contribution in [3.63, 3.8) is 0 Å². The molecule has 4 rings (SSSR count). The normalized spacial score (nSPS) is 30.7. The molecule has 0 heterocycles. The molecule has 3 aliphatic rings. The topological polar surface area (TPSA) is 33.3 Å². The van der Waals surface area contributed by atoms with E-state index >= 15 is 0 Å². The van der Waals surface area contributed by atoms with E-state index in [9.17, 15) is 0 Å². The zero-order chi connectivity index (χ0) is 17.2. The summed E-state index contributed by atoms with van der Waals surface area (Å²) in [6.07, 6.45) is 3.84. The van der Waals surface area contributed by atoms with Gasteiger partial charge < -0.3 is 15.4 Å². The Morgan fingerprint density at radius 3 is 2.62 bits per heavy atom. The van der Waals surface area contributed by atoms with Crippen LogP contribution >= 0.6 is 0 Å². The van der Waals surface area contributed by atoms with Crippen molar-refractivity contribution in [2.75, 3.05) is 26.7 Å². The number of hydrogen-bond acceptors (Lipinski definition) is 3. The third-order valence-electron chi connectivity index (χ3n) is 6.83. The molecular formula is C21H34N2O. The first-order valence-corrected chi connectivity index (χ1v) is 9.60. The second-order valence-electron chi connectivity index (χ2n) is 8.33. The number of para-hydroxylation sites is 1. The predicted octanol–water partition coefficient (Wildman–Crippen LogP) is 3.49. The van der Waals surface area contributed by atoms with Crippen molar-refractivity contribution in [1.82, 2.24) is 10.6 Å². The van der Waals surface area contributed by atoms with Crippen LogP contribution in [0.25, 0.3) is 0 Å². The molecule has 134 valence electrons. The highest BCUT2D eigenvalue weighted by Crippen LogP contribution is 2.61. The van der Waals surface area contributed by atoms with Gasteiger partial charge in [0.1, 0.15) is 5.75 Å². The molecule has 3 saturated carbocycles. The van der Waals surface area contributed by atoms with E-state index in [0.29, 0.717) is 5.41 Å². The summed E-state index contributed by atoms with van der Waals surface area (Å²) in [7, 11) is 1.74. The molecular weight excluding hydrogens is 296 g/mol. The summed E-state index contributed by atoms with van der Waals surface area (Å²) < 4.78 is 5.41. The lowest BCUT2D eigenvalue weighted by Crippen LogP contribution is -2.60. The Morgan fingerprint density at radius 1 is 1.12 bits per heavy atom. The van der Waals surface area contributed by atoms with Crippen LogP contribution < -0.4 is 15.4 Å². The van der Waals surface area contributed by atoms with Crippen LogP contribution in [0.3, 0.4) is 0 Å². The lowest BCUT2D eigenvalue weighted by Gasteiger charge is -2.62. The summed E-state index contributed by atoms with van der Waals surface area (Å²) in [5, 5.41) is 7.36. The Kier molecular flexibility index (Phi) is 5.51. The van der Waals surface area contributed by atoms with Crippen molar-refractivity contribution in [1.29, 1.82) is 0 Å². The Hall–Kier alpha value is -1.06. The number of rotatable bonds is 8. The van der Waals surface area contributed by atoms with Crippen LogP contribution in [0.4, 0.5) is 0 Å². The minimum Gasteiger partial charge on any atom is -0.496 e. The molecule has 0 spiro atoms. The zero-order valence-corrected chi connectivity index (χ0v) is 15.8. The Morgan fingerprint density at radius 2 is 1.92 bits per heavy atom. The maximum Gasteiger partial charge on any atom is 0.122 e. The quantitative estimate of drug-likeness (QED) is 0.716. The molecule has 0 aromatic heterocycles. The first kappa shape index (κ1) is 17.8. The van der Waals surface area contributed by atoms with E-state index in [1.54, 1.807) is 7.11 Å². The van der Waals surface area contributed by atoms with Crippen molar-refractivity contribution in [3.05, 3.63) is 29.8 Å². The van der Waals surface area contributed by atoms with E-state index in [0.717, 1.165) is 55.6 Å². The molecule has 24 heavy (non-hydrogen) atoms. The summed E-state index contributed by atoms with van der Waals surface area (Å²) in [5.74, 6) is 3.68. The summed E-state index contributed by atoms with van der Waals surface area (Å²) in [5.41, 5.74) is 1.87. The van der Waals surface area contributed by atoms with E-state index in [1.165, 1.54) is 18.4 Å². The van der Waals surface area contributed by atoms with Crippen molar-refractivity contribution >= 4 is 0 Å². The fourth-order valence-corrected chi connectivity index (χ4v) is 5.02. The minimum absolute atomic E-state index is 0.588. The van der Waals surface area contributed by atoms with Gasteiger partial charge in [-0.05, 0) is 60.6 Å². The Labute approximate surface area is 147 Å². The highest BCUT2D eigenvalue weighted by molar-refractivity contribution is 5.33. The summed E-state index contributed by atoms with van der Waals surface area (Å²) in [4.78, 5) is 0. The Balaban J connectivity index is 1.32. The number of fused-ring (bicyclic) bond motifs is 2. The Bertz CT molecular complexity index is 542. The zero-order valence-electron chi connectivity index (χ0n) is 15.8. The van der Waals surface area contributed by atoms with Gasteiger partial charge >= 0.3 is 0 Å². The third-order valence-corrected chi connectivity index (χ3v) is 6.83. The molecule has 3 aliphatic carbocycles. The van der Waals surface area contributed by atoms with Gasteiger partial charge in [0, 0.05) is 19.1 Å². The molecule has 3 fully saturated rings. The van der Waals surface area contributed by atoms with E-state index in [1.807, 2.05) is 12.1 Å². The van der Waals surface area contributed by atoms with Gasteiger partial charge in [-0.15, -0.1) is 0 Å². The van der Waals surface area contributed by atoms with Gasteiger partial charge in [0.05, 0.1) is 7.11 Å². The van der Waals surface area contributed by atoms with Crippen LogP contribution in [0.5, 0.6) is 5.75 Å². The summed E-state index contributed by atoms with van der Waals surface area (Å²) in [6.45, 7) is 10.5. The smallest absolute Gasteiger partial charge is 0.122 e. The summed E-state index contributed by atoms with van der Waals surface area (Å²) >= 11 is 0. The van der Waals surface area contributed by atoms with Gasteiger partial charge in [-0.25, -0.2) is 0 Å². The molecule has 3 heteroatoms. The molecule has 1 unspecified atom stereocenters. The average Bonchev–Trinajstić information content (AvgIpc) is 2.58. The minimum atomic E-state index is 0.588. The number of benzene rings is 1. The van der Waals surface area contributed by atoms with Crippen LogP contribution in [0.15, 0.2) is 24.3 Å². The van der Waals surface area contributed by atoms with Crippen LogP contribution in [-0.4, -0.2) is 32.8 Å². The first-order valence-electron chi connectivity index (χ1n) is 9.60. The van der Waals surface area contributed by atoms with Crippen molar-refractivity contribution in [2.45, 2.75) is 46.1 Å². The van der Waals surface area contributed by atoms with E-state index < -0.39 is 0 Å². The van der Waals surface area contributed by atoms with Gasteiger partial charge in [-0.3, -0.25) is 0 Å². The van der Waals surface area contributed by atoms with Gasteiger partial charge in [0.15, 0.2) is 0 Å². The SMILES string of the molecule is COc1ccccc1CCNCCN[C@@H]1CC2C[C@@H]([C@H]1C)C2(C)C. The van der Waals surface area contributed by atoms with Gasteiger partial charge in [0.25, 0.3) is 0 Å². The molecule has 4 atom stereocenters. The van der Waals surface area contributed by atoms with Crippen molar-refractivity contribution in [3.8, 4) is 5.75 Å². The number of ether oxygens (including phenoxy) is 1. The maximum absolute atomic E-state index is 5.41. The van der Waals surface area contributed by atoms with Gasteiger partial charge in [-0.1, -0.05) is 39.0 Å². The molecule has 0 radical (unpaired) electrons. The number of hydrogen-bond donors (Lipinski definition) is 2. The molecule has 0 aliphatic heterocycles. The first-order chi connectivity index (χ1) is 11.5. The predicted molar refractivity (Wildman–Crippen MR) is 101 cm³/mol. The average molecular weight is 331 g/mol. The number of methoxy groups -OCH3 is 1. The standard InChI is InChI=1S/C21H34N2O/c1-15-18-13-17(21(18,2)3)14-19(15)23-12-11-22-10-9-16-7-5-6-8-20(16)24-4/h5-8,15,17-19,22-23H,9-14H2,1-4H3/t15-,17?,18+,19-/m1/s1. The highest BCUT2D eigenvalue weighted by atomic mass is 16.5. The monoisotopic (exact) mass is 330 g/mol. The fourth-order valence-electron chi connectivity index (χ4n) is 5.02. The van der Waals surface area contributed by atoms with E-state index in [2.05, 4.69) is 43.5 Å². The maximum atomic E-state index is 5.41. The molecule has 3 nitrogen and oxygen atoms in total. The van der Waals surface area contributed by atoms with Gasteiger partial charge in [0.2, 0.25) is 0 Å². The highest BCUT2D eigenvalue weighted by Gasteiger charge is 2.55. The molecule has 1 aromatic rings. The second-order valence-corrected chi connectivity index (χ2v) is 8.33. The number of nitrogens with one attached hydrogen (secondary N) is 2. The van der Waals surface area contributed by atoms with E-state index in [-0.39, 0.29) is 0 Å². The second kappa shape index (κ2) is 7.45. The lowest BCUT2D eigenvalue weighted by atomic mass is 9.45. The van der Waals surface area contributed by atoms with Gasteiger partial charge in [-0.2, -0.15) is 0 Å². The van der Waals surface area contributed by atoms with Crippen molar-refractivity contribution in [2.24, 2.45) is 23.2 Å². The molecule has 0 saturated heterocycles. The van der Waals surface area contributed by atoms with Crippen LogP contribution in [0, 0.1) is 23.2 Å². The molecule has 0 amide bonds. The summed E-state index contributed by atoms with van der Waals surface area (Å²) in [6, 6.07) is 9.01. The van der Waals surface area contributed by atoms with Crippen LogP contribution in [-0.2, 0) is 6.42 Å². The molecule has 2 N–H and O–H groups in total. The van der Waals surface area contributed by atoms with Crippen LogP contribution in [0.1, 0.15) is 39.2 Å². The lowest BCUT2D eigenvalue weighted by molar-refractivity contribution is -0.114. The van der Waals surface area contributed by atoms with E-state index in [4.69, 9.17) is 4.74 Å². The fraction of sp³-hybridized carbons (Fsp3) is 0.714. The van der Waals surface area contributed by atoms with Crippen molar-refractivity contribution < 1.29 is 4.74 Å². The molecule has 2 bridgehead atoms. The largest absolute Gasteiger partial charge is 0.496 e. The van der Waals surface area contributed by atoms with Crippen LogP contribution in [0.2, 0.25) is 0 Å². The molecule has 1 aromatic carbocycles.